The molecule has 0 bridgehead atoms. The van der Waals surface area contributed by atoms with Gasteiger partial charge in [0.15, 0.2) is 11.5 Å². The second-order valence-electron chi connectivity index (χ2n) is 6.84. The third-order valence-corrected chi connectivity index (χ3v) is 5.17. The van der Waals surface area contributed by atoms with Crippen LogP contribution in [-0.2, 0) is 0 Å². The summed E-state index contributed by atoms with van der Waals surface area (Å²) < 4.78 is 20.9. The number of carbonyl (C=O) groups excluding carboxylic acids is 2. The van der Waals surface area contributed by atoms with Gasteiger partial charge in [-0.25, -0.2) is 0 Å². The van der Waals surface area contributed by atoms with Crippen molar-refractivity contribution in [2.75, 3.05) is 41.0 Å². The van der Waals surface area contributed by atoms with Crippen molar-refractivity contribution >= 4 is 11.8 Å². The number of hydrogen-bond acceptors (Lipinski definition) is 6. The molecule has 1 saturated heterocycles. The van der Waals surface area contributed by atoms with Gasteiger partial charge in [-0.3, -0.25) is 9.59 Å². The van der Waals surface area contributed by atoms with E-state index in [0.29, 0.717) is 53.9 Å². The Morgan fingerprint density at radius 1 is 1.07 bits per heavy atom. The number of methoxy groups -OCH3 is 3. The lowest BCUT2D eigenvalue weighted by atomic mass is 9.96. The van der Waals surface area contributed by atoms with E-state index in [0.717, 1.165) is 12.8 Å². The standard InChI is InChI=1S/C21H26N2O6/c1-26-17-5-4-16(18(27-2)19(17)28-3)20(24)22-12-14-6-9-23(10-7-14)21(25)15-8-11-29-13-15/h4-5,8,11,13-14H,6-7,9-10,12H2,1-3H3,(H,22,24). The number of benzene rings is 1. The molecule has 29 heavy (non-hydrogen) atoms. The number of ether oxygens (including phenoxy) is 3. The van der Waals surface area contributed by atoms with Crippen LogP contribution in [0.1, 0.15) is 33.6 Å². The van der Waals surface area contributed by atoms with Gasteiger partial charge in [0.05, 0.1) is 38.7 Å². The first-order chi connectivity index (χ1) is 14.1. The largest absolute Gasteiger partial charge is 0.493 e. The first-order valence-corrected chi connectivity index (χ1v) is 9.47. The van der Waals surface area contributed by atoms with Crippen LogP contribution >= 0.6 is 0 Å². The predicted molar refractivity (Wildman–Crippen MR) is 106 cm³/mol. The van der Waals surface area contributed by atoms with Crippen LogP contribution in [0.5, 0.6) is 17.2 Å². The van der Waals surface area contributed by atoms with E-state index < -0.39 is 0 Å². The summed E-state index contributed by atoms with van der Waals surface area (Å²) in [5.41, 5.74) is 0.954. The molecule has 0 radical (unpaired) electrons. The Morgan fingerprint density at radius 3 is 2.38 bits per heavy atom. The lowest BCUT2D eigenvalue weighted by Gasteiger charge is -2.31. The maximum atomic E-state index is 12.7. The molecule has 8 nitrogen and oxygen atoms in total. The lowest BCUT2D eigenvalue weighted by molar-refractivity contribution is 0.0683. The number of likely N-dealkylation sites (tertiary alicyclic amines) is 1. The first-order valence-electron chi connectivity index (χ1n) is 9.47. The molecule has 2 aromatic rings. The molecule has 1 N–H and O–H groups in total. The summed E-state index contributed by atoms with van der Waals surface area (Å²) in [5, 5.41) is 2.97. The van der Waals surface area contributed by atoms with E-state index in [9.17, 15) is 9.59 Å². The van der Waals surface area contributed by atoms with Gasteiger partial charge in [0.1, 0.15) is 6.26 Å². The zero-order chi connectivity index (χ0) is 20.8. The average Bonchev–Trinajstić information content (AvgIpc) is 3.31. The van der Waals surface area contributed by atoms with Gasteiger partial charge in [0, 0.05) is 19.6 Å². The molecule has 1 aliphatic rings. The quantitative estimate of drug-likeness (QED) is 0.766. The number of hydrogen-bond donors (Lipinski definition) is 1. The summed E-state index contributed by atoms with van der Waals surface area (Å²) in [4.78, 5) is 26.9. The third kappa shape index (κ3) is 4.47. The van der Waals surface area contributed by atoms with Crippen molar-refractivity contribution < 1.29 is 28.2 Å². The Bertz CT molecular complexity index is 841. The highest BCUT2D eigenvalue weighted by atomic mass is 16.5. The van der Waals surface area contributed by atoms with Gasteiger partial charge in [0.2, 0.25) is 5.75 Å². The van der Waals surface area contributed by atoms with Gasteiger partial charge in [-0.1, -0.05) is 0 Å². The maximum Gasteiger partial charge on any atom is 0.257 e. The summed E-state index contributed by atoms with van der Waals surface area (Å²) in [6.07, 6.45) is 4.61. The van der Waals surface area contributed by atoms with E-state index >= 15 is 0 Å². The van der Waals surface area contributed by atoms with Crippen LogP contribution in [0.3, 0.4) is 0 Å². The van der Waals surface area contributed by atoms with Crippen LogP contribution in [-0.4, -0.2) is 57.7 Å². The Morgan fingerprint density at radius 2 is 1.79 bits per heavy atom. The van der Waals surface area contributed by atoms with Crippen LogP contribution in [0.25, 0.3) is 0 Å². The SMILES string of the molecule is COc1ccc(C(=O)NCC2CCN(C(=O)c3ccoc3)CC2)c(OC)c1OC. The maximum absolute atomic E-state index is 12.7. The molecule has 0 atom stereocenters. The van der Waals surface area contributed by atoms with Gasteiger partial charge >= 0.3 is 0 Å². The molecular weight excluding hydrogens is 376 g/mol. The van der Waals surface area contributed by atoms with E-state index in [1.807, 2.05) is 4.90 Å². The number of carbonyl (C=O) groups is 2. The van der Waals surface area contributed by atoms with Crippen LogP contribution in [0, 0.1) is 5.92 Å². The van der Waals surface area contributed by atoms with E-state index in [4.69, 9.17) is 18.6 Å². The zero-order valence-corrected chi connectivity index (χ0v) is 16.9. The second-order valence-corrected chi connectivity index (χ2v) is 6.84. The second kappa shape index (κ2) is 9.36. The molecule has 2 heterocycles. The number of nitrogens with one attached hydrogen (secondary N) is 1. The van der Waals surface area contributed by atoms with Crippen LogP contribution < -0.4 is 19.5 Å². The van der Waals surface area contributed by atoms with Crippen LogP contribution in [0.15, 0.2) is 35.1 Å². The van der Waals surface area contributed by atoms with Crippen LogP contribution in [0.4, 0.5) is 0 Å². The van der Waals surface area contributed by atoms with Crippen molar-refractivity contribution in [1.29, 1.82) is 0 Å². The molecule has 1 aliphatic heterocycles. The minimum Gasteiger partial charge on any atom is -0.493 e. The summed E-state index contributed by atoms with van der Waals surface area (Å²) in [7, 11) is 4.52. The van der Waals surface area contributed by atoms with Crippen molar-refractivity contribution in [1.82, 2.24) is 10.2 Å². The molecule has 1 aromatic carbocycles. The smallest absolute Gasteiger partial charge is 0.257 e. The van der Waals surface area contributed by atoms with Crippen molar-refractivity contribution in [3.8, 4) is 17.2 Å². The Balaban J connectivity index is 1.56. The fraction of sp³-hybridized carbons (Fsp3) is 0.429. The van der Waals surface area contributed by atoms with Crippen molar-refractivity contribution in [3.05, 3.63) is 41.9 Å². The lowest BCUT2D eigenvalue weighted by Crippen LogP contribution is -2.41. The highest BCUT2D eigenvalue weighted by Gasteiger charge is 2.25. The molecule has 8 heteroatoms. The fourth-order valence-electron chi connectivity index (χ4n) is 3.52. The molecular formula is C21H26N2O6. The minimum absolute atomic E-state index is 0.0173. The van der Waals surface area contributed by atoms with Gasteiger partial charge in [-0.2, -0.15) is 0 Å². The van der Waals surface area contributed by atoms with Crippen LogP contribution in [0.2, 0.25) is 0 Å². The minimum atomic E-state index is -0.236. The predicted octanol–water partition coefficient (Wildman–Crippen LogP) is 2.59. The van der Waals surface area contributed by atoms with E-state index in [2.05, 4.69) is 5.32 Å². The number of piperidine rings is 1. The number of furan rings is 1. The van der Waals surface area contributed by atoms with Crippen molar-refractivity contribution in [2.24, 2.45) is 5.92 Å². The van der Waals surface area contributed by atoms with E-state index in [1.165, 1.54) is 33.9 Å². The highest BCUT2D eigenvalue weighted by molar-refractivity contribution is 5.98. The molecule has 1 aromatic heterocycles. The topological polar surface area (TPSA) is 90.2 Å². The molecule has 2 amide bonds. The van der Waals surface area contributed by atoms with E-state index in [-0.39, 0.29) is 11.8 Å². The number of rotatable bonds is 7. The molecule has 156 valence electrons. The van der Waals surface area contributed by atoms with Crippen molar-refractivity contribution in [3.63, 3.8) is 0 Å². The Labute approximate surface area is 169 Å². The Hall–Kier alpha value is -3.16. The number of amides is 2. The summed E-state index contributed by atoms with van der Waals surface area (Å²) in [6.45, 7) is 1.85. The molecule has 3 rings (SSSR count). The monoisotopic (exact) mass is 402 g/mol. The molecule has 0 unspecified atom stereocenters. The van der Waals surface area contributed by atoms with Gasteiger partial charge in [0.25, 0.3) is 11.8 Å². The van der Waals surface area contributed by atoms with Gasteiger partial charge < -0.3 is 28.8 Å². The Kier molecular flexibility index (Phi) is 6.64. The summed E-state index contributed by atoms with van der Waals surface area (Å²) in [6, 6.07) is 5.00. The normalized spacial score (nSPS) is 14.4. The number of nitrogens with zero attached hydrogens (tertiary/aromatic N) is 1. The van der Waals surface area contributed by atoms with Gasteiger partial charge in [-0.15, -0.1) is 0 Å². The van der Waals surface area contributed by atoms with Gasteiger partial charge in [-0.05, 0) is 37.0 Å². The summed E-state index contributed by atoms with van der Waals surface area (Å²) in [5.74, 6) is 1.27. The molecule has 0 saturated carbocycles. The highest BCUT2D eigenvalue weighted by Crippen LogP contribution is 2.39. The third-order valence-electron chi connectivity index (χ3n) is 5.17. The van der Waals surface area contributed by atoms with Crippen molar-refractivity contribution in [2.45, 2.75) is 12.8 Å². The molecule has 0 spiro atoms. The molecule has 1 fully saturated rings. The molecule has 0 aliphatic carbocycles. The fourth-order valence-corrected chi connectivity index (χ4v) is 3.52. The van der Waals surface area contributed by atoms with E-state index in [1.54, 1.807) is 18.2 Å². The zero-order valence-electron chi connectivity index (χ0n) is 16.9. The summed E-state index contributed by atoms with van der Waals surface area (Å²) >= 11 is 0. The average molecular weight is 402 g/mol. The first kappa shape index (κ1) is 20.6.